The molecule has 4 heterocycles. The third kappa shape index (κ3) is 3.54. The van der Waals surface area contributed by atoms with Crippen LogP contribution in [0.5, 0.6) is 11.6 Å². The van der Waals surface area contributed by atoms with Crippen LogP contribution in [0, 0.1) is 0 Å². The van der Waals surface area contributed by atoms with Gasteiger partial charge in [-0.05, 0) is 51.4 Å². The molecule has 0 radical (unpaired) electrons. The zero-order valence-corrected chi connectivity index (χ0v) is 17.6. The van der Waals surface area contributed by atoms with Gasteiger partial charge in [0.15, 0.2) is 6.17 Å². The van der Waals surface area contributed by atoms with E-state index in [1.807, 2.05) is 13.1 Å². The van der Waals surface area contributed by atoms with Gasteiger partial charge in [0.1, 0.15) is 11.9 Å². The van der Waals surface area contributed by atoms with Crippen LogP contribution in [0.3, 0.4) is 0 Å². The number of aromatic nitrogens is 4. The monoisotopic (exact) mass is 423 g/mol. The molecular formula is C23H26FN5O2. The summed E-state index contributed by atoms with van der Waals surface area (Å²) in [6, 6.07) is 8.61. The van der Waals surface area contributed by atoms with Gasteiger partial charge in [0.2, 0.25) is 5.88 Å². The van der Waals surface area contributed by atoms with Gasteiger partial charge < -0.3 is 14.4 Å². The number of halogens is 1. The lowest BCUT2D eigenvalue weighted by Crippen LogP contribution is -2.65. The van der Waals surface area contributed by atoms with E-state index in [1.165, 1.54) is 0 Å². The Morgan fingerprint density at radius 1 is 1.23 bits per heavy atom. The van der Waals surface area contributed by atoms with E-state index in [0.717, 1.165) is 24.9 Å². The van der Waals surface area contributed by atoms with Crippen LogP contribution in [0.1, 0.15) is 32.6 Å². The second-order valence-corrected chi connectivity index (χ2v) is 8.80. The molecule has 1 aromatic carbocycles. The predicted octanol–water partition coefficient (Wildman–Crippen LogP) is 3.77. The Hall–Kier alpha value is -3.00. The van der Waals surface area contributed by atoms with Crippen molar-refractivity contribution in [3.8, 4) is 28.6 Å². The molecule has 0 amide bonds. The van der Waals surface area contributed by atoms with Crippen LogP contribution in [0.4, 0.5) is 4.39 Å². The summed E-state index contributed by atoms with van der Waals surface area (Å²) in [7, 11) is 2.02. The molecule has 0 saturated carbocycles. The Balaban J connectivity index is 1.33. The molecule has 2 fully saturated rings. The lowest BCUT2D eigenvalue weighted by Gasteiger charge is -2.54. The third-order valence-corrected chi connectivity index (χ3v) is 6.90. The molecule has 5 rings (SSSR count). The normalized spacial score (nSPS) is 28.4. The van der Waals surface area contributed by atoms with Gasteiger partial charge in [-0.25, -0.2) is 9.37 Å². The van der Waals surface area contributed by atoms with Crippen molar-refractivity contribution in [1.82, 2.24) is 24.6 Å². The Morgan fingerprint density at radius 2 is 2.10 bits per heavy atom. The number of piperidine rings is 2. The average molecular weight is 423 g/mol. The van der Waals surface area contributed by atoms with Crippen molar-refractivity contribution < 1.29 is 14.2 Å². The van der Waals surface area contributed by atoms with Crippen molar-refractivity contribution in [2.24, 2.45) is 0 Å². The SMILES string of the molecule is CN1[C@H]2CCC[C@]1(C)C[C@@H](Oc1ccc(-c3ccc(-n4ccnc4)cc3O)nn1)[C@H]2F. The molecule has 31 heavy (non-hydrogen) atoms. The first-order valence-electron chi connectivity index (χ1n) is 10.6. The van der Waals surface area contributed by atoms with Crippen LogP contribution in [0.15, 0.2) is 49.1 Å². The highest BCUT2D eigenvalue weighted by Crippen LogP contribution is 2.43. The fourth-order valence-corrected chi connectivity index (χ4v) is 4.97. The first-order chi connectivity index (χ1) is 14.9. The van der Waals surface area contributed by atoms with E-state index < -0.39 is 12.3 Å². The molecule has 2 saturated heterocycles. The molecular weight excluding hydrogens is 397 g/mol. The van der Waals surface area contributed by atoms with Gasteiger partial charge in [-0.3, -0.25) is 4.90 Å². The highest BCUT2D eigenvalue weighted by molar-refractivity contribution is 5.68. The predicted molar refractivity (Wildman–Crippen MR) is 114 cm³/mol. The molecule has 4 atom stereocenters. The molecule has 3 aromatic rings. The second kappa shape index (κ2) is 7.60. The Labute approximate surface area is 180 Å². The maximum absolute atomic E-state index is 15.1. The fourth-order valence-electron chi connectivity index (χ4n) is 4.97. The number of imidazole rings is 1. The largest absolute Gasteiger partial charge is 0.507 e. The maximum Gasteiger partial charge on any atom is 0.233 e. The molecule has 8 heteroatoms. The smallest absolute Gasteiger partial charge is 0.233 e. The van der Waals surface area contributed by atoms with Gasteiger partial charge in [0.25, 0.3) is 0 Å². The summed E-state index contributed by atoms with van der Waals surface area (Å²) in [5.74, 6) is 0.395. The molecule has 1 N–H and O–H groups in total. The van der Waals surface area contributed by atoms with Gasteiger partial charge in [0.05, 0.1) is 17.7 Å². The molecule has 0 spiro atoms. The average Bonchev–Trinajstić information content (AvgIpc) is 3.29. The van der Waals surface area contributed by atoms with Crippen molar-refractivity contribution in [3.63, 3.8) is 0 Å². The minimum atomic E-state index is -1.06. The quantitative estimate of drug-likeness (QED) is 0.689. The molecule has 162 valence electrons. The summed E-state index contributed by atoms with van der Waals surface area (Å²) < 4.78 is 22.9. The lowest BCUT2D eigenvalue weighted by atomic mass is 9.74. The highest BCUT2D eigenvalue weighted by Gasteiger charge is 2.51. The number of hydrogen-bond acceptors (Lipinski definition) is 6. The third-order valence-electron chi connectivity index (χ3n) is 6.90. The zero-order valence-electron chi connectivity index (χ0n) is 17.6. The molecule has 2 aromatic heterocycles. The fraction of sp³-hybridized carbons (Fsp3) is 0.435. The van der Waals surface area contributed by atoms with Gasteiger partial charge >= 0.3 is 0 Å². The van der Waals surface area contributed by atoms with Crippen LogP contribution in [0.25, 0.3) is 16.9 Å². The summed E-state index contributed by atoms with van der Waals surface area (Å²) in [5.41, 5.74) is 1.83. The number of fused-ring (bicyclic) bond motifs is 2. The van der Waals surface area contributed by atoms with Crippen LogP contribution in [0.2, 0.25) is 0 Å². The van der Waals surface area contributed by atoms with E-state index in [9.17, 15) is 5.11 Å². The Morgan fingerprint density at radius 3 is 2.81 bits per heavy atom. The minimum Gasteiger partial charge on any atom is -0.507 e. The van der Waals surface area contributed by atoms with E-state index in [1.54, 1.807) is 47.6 Å². The van der Waals surface area contributed by atoms with Crippen LogP contribution in [-0.4, -0.2) is 60.7 Å². The first-order valence-corrected chi connectivity index (χ1v) is 10.6. The molecule has 0 aliphatic carbocycles. The van der Waals surface area contributed by atoms with E-state index in [-0.39, 0.29) is 17.3 Å². The number of nitrogens with zero attached hydrogens (tertiary/aromatic N) is 5. The van der Waals surface area contributed by atoms with Gasteiger partial charge in [-0.2, -0.15) is 0 Å². The molecule has 2 bridgehead atoms. The topological polar surface area (TPSA) is 76.3 Å². The zero-order chi connectivity index (χ0) is 21.6. The maximum atomic E-state index is 15.1. The van der Waals surface area contributed by atoms with Crippen molar-refractivity contribution in [2.75, 3.05) is 7.05 Å². The van der Waals surface area contributed by atoms with Crippen molar-refractivity contribution in [3.05, 3.63) is 49.1 Å². The summed E-state index contributed by atoms with van der Waals surface area (Å²) in [6.45, 7) is 2.19. The van der Waals surface area contributed by atoms with Gasteiger partial charge in [-0.1, -0.05) is 0 Å². The summed E-state index contributed by atoms with van der Waals surface area (Å²) in [5, 5.41) is 18.8. The standard InChI is InChI=1S/C23H26FN5O2/c1-23-9-3-4-18(28(23)2)22(24)20(13-23)31-21-8-7-17(26-27-21)16-6-5-15(12-19(16)30)29-11-10-25-14-29/h5-8,10-12,14,18,20,22,30H,3-4,9,13H2,1-2H3/t18-,20+,22-,23+/m0/s1. The number of ether oxygens (including phenoxy) is 1. The number of benzene rings is 1. The highest BCUT2D eigenvalue weighted by atomic mass is 19.1. The molecule has 0 unspecified atom stereocenters. The Kier molecular flexibility index (Phi) is 4.89. The molecule has 7 nitrogen and oxygen atoms in total. The van der Waals surface area contributed by atoms with Crippen molar-refractivity contribution >= 4 is 0 Å². The molecule has 2 aliphatic heterocycles. The van der Waals surface area contributed by atoms with Gasteiger partial charge in [-0.15, -0.1) is 10.2 Å². The van der Waals surface area contributed by atoms with Crippen molar-refractivity contribution in [1.29, 1.82) is 0 Å². The van der Waals surface area contributed by atoms with Crippen LogP contribution < -0.4 is 4.74 Å². The number of alkyl halides is 1. The van der Waals surface area contributed by atoms with E-state index in [2.05, 4.69) is 27.0 Å². The number of aromatic hydroxyl groups is 1. The summed E-state index contributed by atoms with van der Waals surface area (Å²) >= 11 is 0. The van der Waals surface area contributed by atoms with Crippen LogP contribution in [-0.2, 0) is 0 Å². The number of rotatable bonds is 4. The van der Waals surface area contributed by atoms with E-state index >= 15 is 4.39 Å². The summed E-state index contributed by atoms with van der Waals surface area (Å²) in [6.07, 6.45) is 7.13. The summed E-state index contributed by atoms with van der Waals surface area (Å²) in [4.78, 5) is 6.20. The van der Waals surface area contributed by atoms with E-state index in [0.29, 0.717) is 23.6 Å². The van der Waals surface area contributed by atoms with E-state index in [4.69, 9.17) is 4.74 Å². The van der Waals surface area contributed by atoms with Crippen molar-refractivity contribution in [2.45, 2.75) is 56.5 Å². The number of phenolic OH excluding ortho intramolecular Hbond substituents is 1. The lowest BCUT2D eigenvalue weighted by molar-refractivity contribution is -0.105. The first kappa shape index (κ1) is 19.9. The van der Waals surface area contributed by atoms with Gasteiger partial charge in [0, 0.05) is 48.1 Å². The number of phenols is 1. The molecule has 2 aliphatic rings. The number of hydrogen-bond donors (Lipinski definition) is 1. The second-order valence-electron chi connectivity index (χ2n) is 8.80. The Bertz CT molecular complexity index is 1060. The van der Waals surface area contributed by atoms with Crippen LogP contribution >= 0.6 is 0 Å². The minimum absolute atomic E-state index is 0.0493.